The van der Waals surface area contributed by atoms with Crippen molar-refractivity contribution in [3.8, 4) is 0 Å². The van der Waals surface area contributed by atoms with Crippen molar-refractivity contribution in [2.24, 2.45) is 0 Å². The van der Waals surface area contributed by atoms with Crippen LogP contribution in [-0.4, -0.2) is 17.7 Å². The van der Waals surface area contributed by atoms with Crippen LogP contribution < -0.4 is 0 Å². The standard InChI is InChI=1S/C9H5F5OS/c10-8(11)16-6-3-1-5(2-4-6)7(15)9(12,13)14/h1-4,8H. The van der Waals surface area contributed by atoms with E-state index < -0.39 is 23.3 Å². The molecule has 0 fully saturated rings. The van der Waals surface area contributed by atoms with Crippen LogP contribution >= 0.6 is 11.8 Å². The highest BCUT2D eigenvalue weighted by Crippen LogP contribution is 2.27. The predicted molar refractivity (Wildman–Crippen MR) is 48.7 cm³/mol. The molecule has 0 aromatic heterocycles. The minimum atomic E-state index is -4.95. The number of thioether (sulfide) groups is 1. The number of rotatable bonds is 3. The number of hydrogen-bond donors (Lipinski definition) is 0. The molecule has 1 rings (SSSR count). The minimum absolute atomic E-state index is 0.105. The first-order chi connectivity index (χ1) is 7.30. The van der Waals surface area contributed by atoms with Gasteiger partial charge in [0, 0.05) is 10.5 Å². The first-order valence-electron chi connectivity index (χ1n) is 3.97. The molecule has 0 aliphatic heterocycles. The van der Waals surface area contributed by atoms with Crippen LogP contribution in [0.5, 0.6) is 0 Å². The Balaban J connectivity index is 2.83. The molecule has 7 heteroatoms. The SMILES string of the molecule is O=C(c1ccc(SC(F)F)cc1)C(F)(F)F. The summed E-state index contributed by atoms with van der Waals surface area (Å²) >= 11 is 0.200. The smallest absolute Gasteiger partial charge is 0.284 e. The van der Waals surface area contributed by atoms with Gasteiger partial charge in [0.05, 0.1) is 0 Å². The Hall–Kier alpha value is -1.11. The monoisotopic (exact) mass is 256 g/mol. The molecule has 0 bridgehead atoms. The van der Waals surface area contributed by atoms with Crippen molar-refractivity contribution in [1.82, 2.24) is 0 Å². The fourth-order valence-corrected chi connectivity index (χ4v) is 1.45. The zero-order chi connectivity index (χ0) is 12.3. The van der Waals surface area contributed by atoms with E-state index in [0.29, 0.717) is 0 Å². The number of alkyl halides is 5. The summed E-state index contributed by atoms with van der Waals surface area (Å²) in [6, 6.07) is 3.85. The number of hydrogen-bond acceptors (Lipinski definition) is 2. The summed E-state index contributed by atoms with van der Waals surface area (Å²) in [5.41, 5.74) is -0.564. The van der Waals surface area contributed by atoms with Crippen LogP contribution in [0.25, 0.3) is 0 Å². The number of ketones is 1. The third-order valence-corrected chi connectivity index (χ3v) is 2.32. The first kappa shape index (κ1) is 13.0. The number of halogens is 5. The molecule has 1 nitrogen and oxygen atoms in total. The van der Waals surface area contributed by atoms with Gasteiger partial charge in [0.2, 0.25) is 0 Å². The van der Waals surface area contributed by atoms with E-state index in [1.807, 2.05) is 0 Å². The van der Waals surface area contributed by atoms with Gasteiger partial charge in [-0.2, -0.15) is 22.0 Å². The maximum Gasteiger partial charge on any atom is 0.454 e. The second-order valence-corrected chi connectivity index (χ2v) is 3.79. The maximum atomic E-state index is 12.0. The van der Waals surface area contributed by atoms with Gasteiger partial charge in [-0.15, -0.1) is 0 Å². The van der Waals surface area contributed by atoms with Crippen LogP contribution in [0.15, 0.2) is 29.2 Å². The highest BCUT2D eigenvalue weighted by Gasteiger charge is 2.39. The summed E-state index contributed by atoms with van der Waals surface area (Å²) in [6.45, 7) is 0. The second kappa shape index (κ2) is 4.82. The topological polar surface area (TPSA) is 17.1 Å². The van der Waals surface area contributed by atoms with E-state index in [1.54, 1.807) is 0 Å². The summed E-state index contributed by atoms with van der Waals surface area (Å²) in [4.78, 5) is 10.8. The summed E-state index contributed by atoms with van der Waals surface area (Å²) in [6.07, 6.45) is -4.95. The van der Waals surface area contributed by atoms with Crippen LogP contribution in [0.1, 0.15) is 10.4 Å². The fourth-order valence-electron chi connectivity index (χ4n) is 0.951. The lowest BCUT2D eigenvalue weighted by Crippen LogP contribution is -2.22. The highest BCUT2D eigenvalue weighted by molar-refractivity contribution is 7.99. The zero-order valence-electron chi connectivity index (χ0n) is 7.59. The molecule has 0 unspecified atom stereocenters. The highest BCUT2D eigenvalue weighted by atomic mass is 32.2. The van der Waals surface area contributed by atoms with Crippen LogP contribution in [0.3, 0.4) is 0 Å². The Morgan fingerprint density at radius 1 is 1.12 bits per heavy atom. The lowest BCUT2D eigenvalue weighted by molar-refractivity contribution is -0.0885. The van der Waals surface area contributed by atoms with Crippen molar-refractivity contribution in [3.05, 3.63) is 29.8 Å². The van der Waals surface area contributed by atoms with Gasteiger partial charge < -0.3 is 0 Å². The van der Waals surface area contributed by atoms with Gasteiger partial charge in [0.15, 0.2) is 0 Å². The molecule has 0 aliphatic carbocycles. The molecule has 16 heavy (non-hydrogen) atoms. The van der Waals surface area contributed by atoms with E-state index in [-0.39, 0.29) is 16.7 Å². The summed E-state index contributed by atoms with van der Waals surface area (Å²) < 4.78 is 59.7. The van der Waals surface area contributed by atoms with Crippen molar-refractivity contribution in [2.75, 3.05) is 0 Å². The van der Waals surface area contributed by atoms with E-state index >= 15 is 0 Å². The van der Waals surface area contributed by atoms with Gasteiger partial charge in [-0.05, 0) is 24.3 Å². The maximum absolute atomic E-state index is 12.0. The van der Waals surface area contributed by atoms with Crippen molar-refractivity contribution >= 4 is 17.5 Å². The molecule has 88 valence electrons. The number of benzene rings is 1. The van der Waals surface area contributed by atoms with Crippen LogP contribution in [0, 0.1) is 0 Å². The fraction of sp³-hybridized carbons (Fsp3) is 0.222. The lowest BCUT2D eigenvalue weighted by atomic mass is 10.1. The number of carbonyl (C=O) groups is 1. The largest absolute Gasteiger partial charge is 0.454 e. The Morgan fingerprint density at radius 2 is 1.62 bits per heavy atom. The minimum Gasteiger partial charge on any atom is -0.284 e. The average molecular weight is 256 g/mol. The van der Waals surface area contributed by atoms with Gasteiger partial charge in [-0.3, -0.25) is 4.79 Å². The summed E-state index contributed by atoms with van der Waals surface area (Å²) in [7, 11) is 0. The van der Waals surface area contributed by atoms with Crippen LogP contribution in [0.2, 0.25) is 0 Å². The molecule has 0 saturated carbocycles. The van der Waals surface area contributed by atoms with E-state index in [9.17, 15) is 26.7 Å². The van der Waals surface area contributed by atoms with Crippen LogP contribution in [-0.2, 0) is 0 Å². The molecule has 0 amide bonds. The van der Waals surface area contributed by atoms with Crippen molar-refractivity contribution in [2.45, 2.75) is 16.8 Å². The van der Waals surface area contributed by atoms with Gasteiger partial charge in [0.25, 0.3) is 11.5 Å². The van der Waals surface area contributed by atoms with Crippen LogP contribution in [0.4, 0.5) is 22.0 Å². The molecule has 1 aromatic carbocycles. The molecule has 1 aromatic rings. The van der Waals surface area contributed by atoms with Gasteiger partial charge >= 0.3 is 6.18 Å². The van der Waals surface area contributed by atoms with Crippen molar-refractivity contribution < 1.29 is 26.7 Å². The van der Waals surface area contributed by atoms with E-state index in [1.165, 1.54) is 0 Å². The molecular weight excluding hydrogens is 251 g/mol. The molecule has 0 N–H and O–H groups in total. The van der Waals surface area contributed by atoms with Crippen molar-refractivity contribution in [3.63, 3.8) is 0 Å². The third kappa shape index (κ3) is 3.48. The predicted octanol–water partition coefficient (Wildman–Crippen LogP) is 3.75. The zero-order valence-corrected chi connectivity index (χ0v) is 8.41. The quantitative estimate of drug-likeness (QED) is 0.465. The van der Waals surface area contributed by atoms with Gasteiger partial charge in [-0.1, -0.05) is 11.8 Å². The van der Waals surface area contributed by atoms with E-state index in [4.69, 9.17) is 0 Å². The Kier molecular flexibility index (Phi) is 3.90. The third-order valence-electron chi connectivity index (χ3n) is 1.60. The molecule has 0 radical (unpaired) electrons. The molecule has 0 saturated heterocycles. The normalized spacial score (nSPS) is 11.9. The number of carbonyl (C=O) groups excluding carboxylic acids is 1. The van der Waals surface area contributed by atoms with Gasteiger partial charge in [-0.25, -0.2) is 0 Å². The lowest BCUT2D eigenvalue weighted by Gasteiger charge is -2.05. The molecule has 0 heterocycles. The van der Waals surface area contributed by atoms with Crippen molar-refractivity contribution in [1.29, 1.82) is 0 Å². The van der Waals surface area contributed by atoms with Gasteiger partial charge in [0.1, 0.15) is 0 Å². The summed E-state index contributed by atoms with van der Waals surface area (Å²) in [5, 5.41) is 0. The van der Waals surface area contributed by atoms with E-state index in [2.05, 4.69) is 0 Å². The second-order valence-electron chi connectivity index (χ2n) is 2.73. The Morgan fingerprint density at radius 3 is 2.00 bits per heavy atom. The number of Topliss-reactive ketones (excluding diaryl/α,β-unsaturated/α-hetero) is 1. The molecule has 0 atom stereocenters. The average Bonchev–Trinajstić information content (AvgIpc) is 2.15. The summed E-state index contributed by atoms with van der Waals surface area (Å²) in [5.74, 6) is -4.63. The van der Waals surface area contributed by atoms with E-state index in [0.717, 1.165) is 24.3 Å². The first-order valence-corrected chi connectivity index (χ1v) is 4.85. The molecule has 0 aliphatic rings. The molecule has 0 spiro atoms. The molecular formula is C9H5F5OS. The Labute approximate surface area is 91.6 Å². The Bertz CT molecular complexity index is 370.